The van der Waals surface area contributed by atoms with Gasteiger partial charge in [0.05, 0.1) is 11.8 Å². The summed E-state index contributed by atoms with van der Waals surface area (Å²) >= 11 is 3.37. The first kappa shape index (κ1) is 12.0. The van der Waals surface area contributed by atoms with E-state index in [1.165, 1.54) is 12.8 Å². The van der Waals surface area contributed by atoms with Gasteiger partial charge in [-0.1, -0.05) is 6.07 Å². The highest BCUT2D eigenvalue weighted by atomic mass is 79.9. The standard InChI is InChI=1S/C12H17BrN2O/c13-12-5-1-3-10(15-12)9-14-7-6-11-4-2-8-16-11/h1,3,5,11,14H,2,4,6-9H2. The zero-order valence-corrected chi connectivity index (χ0v) is 10.9. The maximum absolute atomic E-state index is 5.56. The van der Waals surface area contributed by atoms with Crippen molar-refractivity contribution >= 4 is 15.9 Å². The second-order valence-corrected chi connectivity index (χ2v) is 4.86. The first-order valence-electron chi connectivity index (χ1n) is 5.78. The van der Waals surface area contributed by atoms with Crippen LogP contribution >= 0.6 is 15.9 Å². The molecule has 3 nitrogen and oxygen atoms in total. The predicted molar refractivity (Wildman–Crippen MR) is 67.2 cm³/mol. The molecule has 1 fully saturated rings. The van der Waals surface area contributed by atoms with Gasteiger partial charge < -0.3 is 10.1 Å². The Morgan fingerprint density at radius 2 is 2.44 bits per heavy atom. The molecule has 4 heteroatoms. The SMILES string of the molecule is Brc1cccc(CNCCC2CCCO2)n1. The van der Waals surface area contributed by atoms with Gasteiger partial charge in [0.2, 0.25) is 0 Å². The van der Waals surface area contributed by atoms with Crippen molar-refractivity contribution in [3.63, 3.8) is 0 Å². The molecule has 0 spiro atoms. The molecule has 16 heavy (non-hydrogen) atoms. The number of ether oxygens (including phenoxy) is 1. The molecule has 88 valence electrons. The molecule has 0 aliphatic carbocycles. The van der Waals surface area contributed by atoms with Crippen LogP contribution in [0.5, 0.6) is 0 Å². The van der Waals surface area contributed by atoms with Crippen LogP contribution in [0.3, 0.4) is 0 Å². The molecule has 1 aromatic rings. The van der Waals surface area contributed by atoms with Gasteiger partial charge in [0.1, 0.15) is 4.60 Å². The lowest BCUT2D eigenvalue weighted by atomic mass is 10.2. The first-order valence-corrected chi connectivity index (χ1v) is 6.57. The third kappa shape index (κ3) is 3.85. The van der Waals surface area contributed by atoms with E-state index in [0.29, 0.717) is 6.10 Å². The minimum absolute atomic E-state index is 0.475. The predicted octanol–water partition coefficient (Wildman–Crippen LogP) is 2.50. The molecule has 1 aliphatic heterocycles. The summed E-state index contributed by atoms with van der Waals surface area (Å²) in [5, 5.41) is 3.39. The Balaban J connectivity index is 1.64. The van der Waals surface area contributed by atoms with Gasteiger partial charge in [-0.2, -0.15) is 0 Å². The van der Waals surface area contributed by atoms with E-state index in [0.717, 1.165) is 36.4 Å². The van der Waals surface area contributed by atoms with Crippen molar-refractivity contribution < 1.29 is 4.74 Å². The van der Waals surface area contributed by atoms with E-state index in [2.05, 4.69) is 26.2 Å². The maximum Gasteiger partial charge on any atom is 0.106 e. The van der Waals surface area contributed by atoms with Crippen molar-refractivity contribution in [2.75, 3.05) is 13.2 Å². The molecule has 1 saturated heterocycles. The summed E-state index contributed by atoms with van der Waals surface area (Å²) < 4.78 is 6.46. The van der Waals surface area contributed by atoms with Gasteiger partial charge in [-0.3, -0.25) is 0 Å². The van der Waals surface area contributed by atoms with E-state index in [1.807, 2.05) is 18.2 Å². The third-order valence-electron chi connectivity index (χ3n) is 2.75. The van der Waals surface area contributed by atoms with Crippen LogP contribution in [0.15, 0.2) is 22.8 Å². The van der Waals surface area contributed by atoms with Crippen molar-refractivity contribution in [1.29, 1.82) is 0 Å². The molecule has 0 aromatic carbocycles. The van der Waals surface area contributed by atoms with Crippen LogP contribution in [-0.4, -0.2) is 24.2 Å². The van der Waals surface area contributed by atoms with E-state index in [-0.39, 0.29) is 0 Å². The first-order chi connectivity index (χ1) is 7.84. The molecular weight excluding hydrogens is 268 g/mol. The topological polar surface area (TPSA) is 34.1 Å². The van der Waals surface area contributed by atoms with Gasteiger partial charge in [-0.05, 0) is 53.9 Å². The lowest BCUT2D eigenvalue weighted by molar-refractivity contribution is 0.104. The number of pyridine rings is 1. The lowest BCUT2D eigenvalue weighted by Crippen LogP contribution is -2.20. The number of rotatable bonds is 5. The molecule has 2 rings (SSSR count). The fraction of sp³-hybridized carbons (Fsp3) is 0.583. The maximum atomic E-state index is 5.56. The molecule has 0 amide bonds. The Morgan fingerprint density at radius 1 is 1.50 bits per heavy atom. The quantitative estimate of drug-likeness (QED) is 0.666. The van der Waals surface area contributed by atoms with Crippen molar-refractivity contribution in [2.45, 2.75) is 31.9 Å². The van der Waals surface area contributed by atoms with Gasteiger partial charge in [0.15, 0.2) is 0 Å². The van der Waals surface area contributed by atoms with Crippen LogP contribution in [0.25, 0.3) is 0 Å². The summed E-state index contributed by atoms with van der Waals surface area (Å²) in [5.41, 5.74) is 1.07. The van der Waals surface area contributed by atoms with Gasteiger partial charge in [-0.15, -0.1) is 0 Å². The Bertz CT molecular complexity index is 327. The van der Waals surface area contributed by atoms with Crippen molar-refractivity contribution in [1.82, 2.24) is 10.3 Å². The molecule has 0 radical (unpaired) electrons. The van der Waals surface area contributed by atoms with E-state index < -0.39 is 0 Å². The molecular formula is C12H17BrN2O. The second-order valence-electron chi connectivity index (χ2n) is 4.05. The Kier molecular flexibility index (Phi) is 4.75. The number of halogens is 1. The largest absolute Gasteiger partial charge is 0.378 e. The average Bonchev–Trinajstić information content (AvgIpc) is 2.77. The minimum Gasteiger partial charge on any atom is -0.378 e. The van der Waals surface area contributed by atoms with Gasteiger partial charge in [0.25, 0.3) is 0 Å². The summed E-state index contributed by atoms with van der Waals surface area (Å²) in [7, 11) is 0. The Hall–Kier alpha value is -0.450. The van der Waals surface area contributed by atoms with Crippen molar-refractivity contribution in [3.8, 4) is 0 Å². The number of nitrogens with one attached hydrogen (secondary N) is 1. The number of nitrogens with zero attached hydrogens (tertiary/aromatic N) is 1. The van der Waals surface area contributed by atoms with Crippen molar-refractivity contribution in [3.05, 3.63) is 28.5 Å². The fourth-order valence-electron chi connectivity index (χ4n) is 1.90. The van der Waals surface area contributed by atoms with Crippen molar-refractivity contribution in [2.24, 2.45) is 0 Å². The summed E-state index contributed by atoms with van der Waals surface area (Å²) in [6.07, 6.45) is 4.02. The molecule has 0 bridgehead atoms. The molecule has 1 unspecified atom stereocenters. The molecule has 0 saturated carbocycles. The molecule has 2 heterocycles. The van der Waals surface area contributed by atoms with Crippen LogP contribution in [0.2, 0.25) is 0 Å². The van der Waals surface area contributed by atoms with E-state index in [4.69, 9.17) is 4.74 Å². The third-order valence-corrected chi connectivity index (χ3v) is 3.19. The Morgan fingerprint density at radius 3 is 3.19 bits per heavy atom. The monoisotopic (exact) mass is 284 g/mol. The second kappa shape index (κ2) is 6.33. The fourth-order valence-corrected chi connectivity index (χ4v) is 2.28. The van der Waals surface area contributed by atoms with Crippen LogP contribution in [0.4, 0.5) is 0 Å². The normalized spacial score (nSPS) is 20.2. The molecule has 1 N–H and O–H groups in total. The van der Waals surface area contributed by atoms with E-state index in [1.54, 1.807) is 0 Å². The Labute approximate surface area is 105 Å². The van der Waals surface area contributed by atoms with Crippen LogP contribution in [0, 0.1) is 0 Å². The average molecular weight is 285 g/mol. The smallest absolute Gasteiger partial charge is 0.106 e. The summed E-state index contributed by atoms with van der Waals surface area (Å²) in [6.45, 7) is 2.77. The van der Waals surface area contributed by atoms with Gasteiger partial charge in [-0.25, -0.2) is 4.98 Å². The molecule has 1 aromatic heterocycles. The summed E-state index contributed by atoms with van der Waals surface area (Å²) in [6, 6.07) is 5.98. The van der Waals surface area contributed by atoms with E-state index in [9.17, 15) is 0 Å². The number of aromatic nitrogens is 1. The number of hydrogen-bond donors (Lipinski definition) is 1. The van der Waals surface area contributed by atoms with E-state index >= 15 is 0 Å². The van der Waals surface area contributed by atoms with Crippen LogP contribution < -0.4 is 5.32 Å². The zero-order valence-electron chi connectivity index (χ0n) is 9.29. The zero-order chi connectivity index (χ0) is 11.2. The highest BCUT2D eigenvalue weighted by Gasteiger charge is 2.14. The van der Waals surface area contributed by atoms with Gasteiger partial charge >= 0.3 is 0 Å². The van der Waals surface area contributed by atoms with Gasteiger partial charge in [0, 0.05) is 13.2 Å². The summed E-state index contributed by atoms with van der Waals surface area (Å²) in [4.78, 5) is 4.37. The lowest BCUT2D eigenvalue weighted by Gasteiger charge is -2.09. The van der Waals surface area contributed by atoms with Crippen LogP contribution in [0.1, 0.15) is 25.0 Å². The highest BCUT2D eigenvalue weighted by molar-refractivity contribution is 9.10. The van der Waals surface area contributed by atoms with Crippen LogP contribution in [-0.2, 0) is 11.3 Å². The molecule has 1 aliphatic rings. The summed E-state index contributed by atoms with van der Waals surface area (Å²) in [5.74, 6) is 0. The molecule has 1 atom stereocenters. The number of hydrogen-bond acceptors (Lipinski definition) is 3. The highest BCUT2D eigenvalue weighted by Crippen LogP contribution is 2.14. The minimum atomic E-state index is 0.475.